The van der Waals surface area contributed by atoms with Gasteiger partial charge in [-0.1, -0.05) is 48.0 Å². The van der Waals surface area contributed by atoms with Gasteiger partial charge in [0.25, 0.3) is 0 Å². The number of hydrogen-bond donors (Lipinski definition) is 0. The van der Waals surface area contributed by atoms with E-state index in [-0.39, 0.29) is 11.7 Å². The number of benzene rings is 1. The van der Waals surface area contributed by atoms with Crippen molar-refractivity contribution in [3.05, 3.63) is 34.3 Å². The number of halogens is 1. The molecule has 1 aromatic rings. The van der Waals surface area contributed by atoms with Gasteiger partial charge in [-0.15, -0.1) is 0 Å². The molecule has 2 atom stereocenters. The van der Waals surface area contributed by atoms with E-state index < -0.39 is 5.92 Å². The van der Waals surface area contributed by atoms with E-state index in [1.165, 1.54) is 0 Å². The van der Waals surface area contributed by atoms with Gasteiger partial charge in [0.1, 0.15) is 5.92 Å². The molecule has 0 aliphatic heterocycles. The fourth-order valence-electron chi connectivity index (χ4n) is 1.48. The molecule has 0 saturated carbocycles. The fraction of sp³-hybridized carbons (Fsp3) is 0.385. The molecule has 0 spiro atoms. The fourth-order valence-corrected chi connectivity index (χ4v) is 2.00. The highest BCUT2D eigenvalue weighted by atomic mass is 79.9. The number of nitriles is 1. The first-order chi connectivity index (χ1) is 7.61. The first-order valence-corrected chi connectivity index (χ1v) is 6.08. The molecule has 0 amide bonds. The third-order valence-corrected chi connectivity index (χ3v) is 3.45. The zero-order valence-corrected chi connectivity index (χ0v) is 11.0. The van der Waals surface area contributed by atoms with E-state index in [9.17, 15) is 4.79 Å². The summed E-state index contributed by atoms with van der Waals surface area (Å²) in [6, 6.07) is 9.48. The Morgan fingerprint density at radius 3 is 2.62 bits per heavy atom. The number of rotatable bonds is 4. The molecule has 0 saturated heterocycles. The summed E-state index contributed by atoms with van der Waals surface area (Å²) in [5.74, 6) is -0.737. The number of carbonyl (C=O) groups is 1. The Kier molecular flexibility index (Phi) is 4.70. The molecule has 3 heteroatoms. The number of ketones is 1. The van der Waals surface area contributed by atoms with Gasteiger partial charge in [0.15, 0.2) is 5.78 Å². The van der Waals surface area contributed by atoms with Gasteiger partial charge in [0.05, 0.1) is 6.07 Å². The zero-order valence-electron chi connectivity index (χ0n) is 9.40. The monoisotopic (exact) mass is 279 g/mol. The van der Waals surface area contributed by atoms with Crippen LogP contribution in [0, 0.1) is 17.2 Å². The van der Waals surface area contributed by atoms with Crippen molar-refractivity contribution in [2.24, 2.45) is 5.92 Å². The summed E-state index contributed by atoms with van der Waals surface area (Å²) in [6.07, 6.45) is 0.765. The minimum atomic E-state index is -0.662. The highest BCUT2D eigenvalue weighted by Gasteiger charge is 2.25. The lowest BCUT2D eigenvalue weighted by Crippen LogP contribution is -2.18. The third-order valence-electron chi connectivity index (χ3n) is 2.73. The zero-order chi connectivity index (χ0) is 12.1. The van der Waals surface area contributed by atoms with Crippen LogP contribution in [-0.4, -0.2) is 5.78 Å². The van der Waals surface area contributed by atoms with Crippen LogP contribution in [0.4, 0.5) is 0 Å². The minimum absolute atomic E-state index is 0.00287. The van der Waals surface area contributed by atoms with Crippen molar-refractivity contribution in [3.63, 3.8) is 0 Å². The molecule has 0 aromatic heterocycles. The van der Waals surface area contributed by atoms with Gasteiger partial charge in [0, 0.05) is 10.4 Å². The topological polar surface area (TPSA) is 40.9 Å². The summed E-state index contributed by atoms with van der Waals surface area (Å²) in [5.41, 5.74) is 0.760. The van der Waals surface area contributed by atoms with Crippen LogP contribution >= 0.6 is 15.9 Å². The Bertz CT molecular complexity index is 422. The molecule has 0 aliphatic rings. The molecule has 0 fully saturated rings. The molecule has 1 aromatic carbocycles. The first kappa shape index (κ1) is 12.9. The van der Waals surface area contributed by atoms with Gasteiger partial charge in [-0.3, -0.25) is 4.79 Å². The number of hydrogen-bond acceptors (Lipinski definition) is 2. The van der Waals surface area contributed by atoms with Crippen molar-refractivity contribution in [2.75, 3.05) is 0 Å². The second-order valence-corrected chi connectivity index (χ2v) is 4.65. The van der Waals surface area contributed by atoms with Crippen molar-refractivity contribution in [1.29, 1.82) is 5.26 Å². The van der Waals surface area contributed by atoms with Crippen molar-refractivity contribution in [3.8, 4) is 6.07 Å². The maximum atomic E-state index is 12.0. The lowest BCUT2D eigenvalue weighted by atomic mass is 9.88. The average Bonchev–Trinajstić information content (AvgIpc) is 2.31. The van der Waals surface area contributed by atoms with Crippen LogP contribution in [-0.2, 0) is 4.79 Å². The van der Waals surface area contributed by atoms with Gasteiger partial charge >= 0.3 is 0 Å². The van der Waals surface area contributed by atoms with E-state index in [1.807, 2.05) is 38.1 Å². The quantitative estimate of drug-likeness (QED) is 0.844. The predicted octanol–water partition coefficient (Wildman–Crippen LogP) is 3.67. The average molecular weight is 280 g/mol. The number of carbonyl (C=O) groups excluding carboxylic acids is 1. The summed E-state index contributed by atoms with van der Waals surface area (Å²) in [7, 11) is 0. The van der Waals surface area contributed by atoms with E-state index in [0.29, 0.717) is 0 Å². The second-order valence-electron chi connectivity index (χ2n) is 3.80. The minimum Gasteiger partial charge on any atom is -0.298 e. The third kappa shape index (κ3) is 2.70. The summed E-state index contributed by atoms with van der Waals surface area (Å²) in [6.45, 7) is 3.82. The predicted molar refractivity (Wildman–Crippen MR) is 67.0 cm³/mol. The molecule has 0 radical (unpaired) electrons. The molecule has 0 aliphatic carbocycles. The maximum Gasteiger partial charge on any atom is 0.157 e. The van der Waals surface area contributed by atoms with E-state index in [4.69, 9.17) is 5.26 Å². The van der Waals surface area contributed by atoms with E-state index in [0.717, 1.165) is 16.5 Å². The van der Waals surface area contributed by atoms with E-state index in [2.05, 4.69) is 22.0 Å². The molecule has 0 bridgehead atoms. The Labute approximate surface area is 104 Å². The number of nitrogens with zero attached hydrogens (tertiary/aromatic N) is 1. The lowest BCUT2D eigenvalue weighted by molar-refractivity contribution is -0.122. The summed E-state index contributed by atoms with van der Waals surface area (Å²) < 4.78 is 0.818. The highest BCUT2D eigenvalue weighted by molar-refractivity contribution is 9.10. The molecule has 0 N–H and O–H groups in total. The first-order valence-electron chi connectivity index (χ1n) is 5.29. The molecule has 2 nitrogen and oxygen atoms in total. The van der Waals surface area contributed by atoms with Crippen LogP contribution in [0.2, 0.25) is 0 Å². The van der Waals surface area contributed by atoms with Crippen molar-refractivity contribution in [1.82, 2.24) is 0 Å². The van der Waals surface area contributed by atoms with Crippen molar-refractivity contribution >= 4 is 21.7 Å². The van der Waals surface area contributed by atoms with Gasteiger partial charge in [0.2, 0.25) is 0 Å². The molecular weight excluding hydrogens is 266 g/mol. The van der Waals surface area contributed by atoms with Crippen LogP contribution < -0.4 is 0 Å². The molecular formula is C13H14BrNO. The van der Waals surface area contributed by atoms with Gasteiger partial charge in [-0.05, 0) is 18.1 Å². The standard InChI is InChI=1S/C13H14BrNO/c1-3-9(2)13(16)11(8-15)10-6-4-5-7-12(10)14/h4-7,9,11H,3H2,1-2H3. The highest BCUT2D eigenvalue weighted by Crippen LogP contribution is 2.27. The van der Waals surface area contributed by atoms with Gasteiger partial charge in [-0.2, -0.15) is 5.26 Å². The summed E-state index contributed by atoms with van der Waals surface area (Å²) in [4.78, 5) is 12.0. The van der Waals surface area contributed by atoms with E-state index >= 15 is 0 Å². The normalized spacial score (nSPS) is 13.9. The molecule has 2 unspecified atom stereocenters. The van der Waals surface area contributed by atoms with Crippen LogP contribution in [0.15, 0.2) is 28.7 Å². The Hall–Kier alpha value is -1.14. The Morgan fingerprint density at radius 1 is 1.50 bits per heavy atom. The second kappa shape index (κ2) is 5.81. The van der Waals surface area contributed by atoms with Crippen LogP contribution in [0.3, 0.4) is 0 Å². The Morgan fingerprint density at radius 2 is 2.12 bits per heavy atom. The maximum absolute atomic E-state index is 12.0. The van der Waals surface area contributed by atoms with Crippen LogP contribution in [0.5, 0.6) is 0 Å². The molecule has 1 rings (SSSR count). The van der Waals surface area contributed by atoms with Gasteiger partial charge in [-0.25, -0.2) is 0 Å². The van der Waals surface area contributed by atoms with Gasteiger partial charge < -0.3 is 0 Å². The largest absolute Gasteiger partial charge is 0.298 e. The SMILES string of the molecule is CCC(C)C(=O)C(C#N)c1ccccc1Br. The summed E-state index contributed by atoms with van der Waals surface area (Å²) in [5, 5.41) is 9.13. The number of Topliss-reactive ketones (excluding diaryl/α,β-unsaturated/α-hetero) is 1. The van der Waals surface area contributed by atoms with Crippen LogP contribution in [0.1, 0.15) is 31.7 Å². The summed E-state index contributed by atoms with van der Waals surface area (Å²) >= 11 is 3.37. The molecule has 0 heterocycles. The van der Waals surface area contributed by atoms with Crippen LogP contribution in [0.25, 0.3) is 0 Å². The smallest absolute Gasteiger partial charge is 0.157 e. The van der Waals surface area contributed by atoms with Crippen molar-refractivity contribution in [2.45, 2.75) is 26.2 Å². The molecule has 84 valence electrons. The Balaban J connectivity index is 3.05. The van der Waals surface area contributed by atoms with E-state index in [1.54, 1.807) is 0 Å². The lowest BCUT2D eigenvalue weighted by Gasteiger charge is -2.14. The van der Waals surface area contributed by atoms with Crippen molar-refractivity contribution < 1.29 is 4.79 Å². The molecule has 16 heavy (non-hydrogen) atoms.